The Morgan fingerprint density at radius 2 is 2.25 bits per heavy atom. The molecule has 2 N–H and O–H groups in total. The monoisotopic (exact) mass is 299 g/mol. The molecule has 6 nitrogen and oxygen atoms in total. The molecular formula is C13H18ClN3O3. The van der Waals surface area contributed by atoms with E-state index in [1.807, 2.05) is 0 Å². The van der Waals surface area contributed by atoms with Crippen LogP contribution in [-0.2, 0) is 0 Å². The number of nitrogens with zero attached hydrogens (tertiary/aromatic N) is 2. The molecule has 1 saturated heterocycles. The summed E-state index contributed by atoms with van der Waals surface area (Å²) in [5, 5.41) is 10.7. The van der Waals surface area contributed by atoms with Crippen molar-refractivity contribution < 1.29 is 9.72 Å². The van der Waals surface area contributed by atoms with Crippen molar-refractivity contribution in [2.24, 2.45) is 11.7 Å². The lowest BCUT2D eigenvalue weighted by molar-refractivity contribution is -0.384. The lowest BCUT2D eigenvalue weighted by Gasteiger charge is -2.32. The Kier molecular flexibility index (Phi) is 5.91. The maximum absolute atomic E-state index is 12.3. The maximum atomic E-state index is 12.3. The highest BCUT2D eigenvalue weighted by Gasteiger charge is 2.24. The molecule has 0 bridgehead atoms. The zero-order valence-electron chi connectivity index (χ0n) is 11.0. The van der Waals surface area contributed by atoms with Crippen LogP contribution in [0.4, 0.5) is 5.69 Å². The van der Waals surface area contributed by atoms with E-state index in [-0.39, 0.29) is 24.0 Å². The summed E-state index contributed by atoms with van der Waals surface area (Å²) in [5.41, 5.74) is 5.95. The highest BCUT2D eigenvalue weighted by atomic mass is 35.5. The number of hydrogen-bond donors (Lipinski definition) is 1. The number of halogens is 1. The third kappa shape index (κ3) is 3.68. The summed E-state index contributed by atoms with van der Waals surface area (Å²) in [5.74, 6) is 0.179. The molecular weight excluding hydrogens is 282 g/mol. The zero-order valence-corrected chi connectivity index (χ0v) is 11.8. The smallest absolute Gasteiger partial charge is 0.270 e. The number of nitro benzene ring substituents is 1. The molecule has 0 aromatic heterocycles. The zero-order chi connectivity index (χ0) is 13.8. The number of hydrogen-bond acceptors (Lipinski definition) is 4. The minimum absolute atomic E-state index is 0. The average molecular weight is 300 g/mol. The Morgan fingerprint density at radius 3 is 2.90 bits per heavy atom. The van der Waals surface area contributed by atoms with Crippen LogP contribution in [0.2, 0.25) is 0 Å². The predicted molar refractivity (Wildman–Crippen MR) is 78.0 cm³/mol. The first-order valence-electron chi connectivity index (χ1n) is 6.35. The third-order valence-corrected chi connectivity index (χ3v) is 3.44. The number of non-ortho nitro benzene ring substituents is 1. The second-order valence-corrected chi connectivity index (χ2v) is 4.80. The van der Waals surface area contributed by atoms with Crippen molar-refractivity contribution in [1.29, 1.82) is 0 Å². The summed E-state index contributed by atoms with van der Waals surface area (Å²) in [7, 11) is 0. The number of carbonyl (C=O) groups excluding carboxylic acids is 1. The normalized spacial score (nSPS) is 18.2. The number of nitrogens with two attached hydrogens (primary N) is 1. The standard InChI is InChI=1S/C13H17N3O3.ClH/c14-8-10-3-2-6-15(9-10)13(17)11-4-1-5-12(7-11)16(18)19;/h1,4-5,7,10H,2-3,6,8-9,14H2;1H. The van der Waals surface area contributed by atoms with Gasteiger partial charge in [-0.05, 0) is 31.4 Å². The first kappa shape index (κ1) is 16.4. The molecule has 1 aromatic carbocycles. The topological polar surface area (TPSA) is 89.5 Å². The van der Waals surface area contributed by atoms with Gasteiger partial charge in [-0.15, -0.1) is 12.4 Å². The number of nitro groups is 1. The largest absolute Gasteiger partial charge is 0.338 e. The van der Waals surface area contributed by atoms with Crippen LogP contribution in [0.15, 0.2) is 24.3 Å². The van der Waals surface area contributed by atoms with E-state index in [0.29, 0.717) is 31.1 Å². The fourth-order valence-electron chi connectivity index (χ4n) is 2.38. The van der Waals surface area contributed by atoms with Gasteiger partial charge in [0.1, 0.15) is 0 Å². The SMILES string of the molecule is Cl.NCC1CCCN(C(=O)c2cccc([N+](=O)[O-])c2)C1. The first-order chi connectivity index (χ1) is 9.11. The van der Waals surface area contributed by atoms with Gasteiger partial charge in [-0.25, -0.2) is 0 Å². The van der Waals surface area contributed by atoms with Crippen LogP contribution in [-0.4, -0.2) is 35.4 Å². The van der Waals surface area contributed by atoms with E-state index in [4.69, 9.17) is 5.73 Å². The molecule has 20 heavy (non-hydrogen) atoms. The molecule has 1 heterocycles. The summed E-state index contributed by atoms with van der Waals surface area (Å²) in [6, 6.07) is 5.86. The Morgan fingerprint density at radius 1 is 1.50 bits per heavy atom. The van der Waals surface area contributed by atoms with E-state index in [9.17, 15) is 14.9 Å². The minimum Gasteiger partial charge on any atom is -0.338 e. The van der Waals surface area contributed by atoms with E-state index < -0.39 is 4.92 Å². The Labute approximate surface area is 123 Å². The molecule has 0 spiro atoms. The van der Waals surface area contributed by atoms with Crippen molar-refractivity contribution in [1.82, 2.24) is 4.90 Å². The molecule has 0 aliphatic carbocycles. The lowest BCUT2D eigenvalue weighted by Crippen LogP contribution is -2.42. The molecule has 1 aromatic rings. The summed E-state index contributed by atoms with van der Waals surface area (Å²) >= 11 is 0. The van der Waals surface area contributed by atoms with Crippen molar-refractivity contribution in [3.63, 3.8) is 0 Å². The first-order valence-corrected chi connectivity index (χ1v) is 6.35. The summed E-state index contributed by atoms with van der Waals surface area (Å²) in [6.45, 7) is 1.90. The average Bonchev–Trinajstić information content (AvgIpc) is 2.46. The van der Waals surface area contributed by atoms with Crippen molar-refractivity contribution in [2.75, 3.05) is 19.6 Å². The molecule has 7 heteroatoms. The van der Waals surface area contributed by atoms with E-state index in [2.05, 4.69) is 0 Å². The van der Waals surface area contributed by atoms with Crippen molar-refractivity contribution in [3.05, 3.63) is 39.9 Å². The van der Waals surface area contributed by atoms with E-state index in [1.54, 1.807) is 11.0 Å². The summed E-state index contributed by atoms with van der Waals surface area (Å²) in [6.07, 6.45) is 1.97. The molecule has 0 saturated carbocycles. The van der Waals surface area contributed by atoms with Crippen molar-refractivity contribution in [3.8, 4) is 0 Å². The van der Waals surface area contributed by atoms with Crippen molar-refractivity contribution >= 4 is 24.0 Å². The summed E-state index contributed by atoms with van der Waals surface area (Å²) < 4.78 is 0. The molecule has 0 radical (unpaired) electrons. The number of piperidine rings is 1. The van der Waals surface area contributed by atoms with Crippen LogP contribution in [0.3, 0.4) is 0 Å². The van der Waals surface area contributed by atoms with Gasteiger partial charge >= 0.3 is 0 Å². The molecule has 1 aliphatic rings. The molecule has 1 amide bonds. The van der Waals surface area contributed by atoms with Crippen molar-refractivity contribution in [2.45, 2.75) is 12.8 Å². The van der Waals surface area contributed by atoms with Crippen LogP contribution in [0.5, 0.6) is 0 Å². The number of amides is 1. The molecule has 110 valence electrons. The fraction of sp³-hybridized carbons (Fsp3) is 0.462. The van der Waals surface area contributed by atoms with Gasteiger partial charge in [-0.2, -0.15) is 0 Å². The number of carbonyl (C=O) groups is 1. The van der Waals surface area contributed by atoms with E-state index in [1.165, 1.54) is 18.2 Å². The second kappa shape index (κ2) is 7.21. The Bertz CT molecular complexity index is 496. The maximum Gasteiger partial charge on any atom is 0.270 e. The van der Waals surface area contributed by atoms with Gasteiger partial charge in [-0.1, -0.05) is 6.07 Å². The third-order valence-electron chi connectivity index (χ3n) is 3.44. The van der Waals surface area contributed by atoms with Gasteiger partial charge in [0.05, 0.1) is 4.92 Å². The van der Waals surface area contributed by atoms with E-state index in [0.717, 1.165) is 12.8 Å². The predicted octanol–water partition coefficient (Wildman–Crippen LogP) is 1.83. The van der Waals surface area contributed by atoms with Gasteiger partial charge in [-0.3, -0.25) is 14.9 Å². The Balaban J connectivity index is 0.00000200. The minimum atomic E-state index is -0.490. The highest BCUT2D eigenvalue weighted by Crippen LogP contribution is 2.20. The lowest BCUT2D eigenvalue weighted by atomic mass is 9.97. The molecule has 2 rings (SSSR count). The molecule has 1 unspecified atom stereocenters. The van der Waals surface area contributed by atoms with Gasteiger partial charge in [0.2, 0.25) is 0 Å². The quantitative estimate of drug-likeness (QED) is 0.681. The number of benzene rings is 1. The van der Waals surface area contributed by atoms with Gasteiger partial charge in [0, 0.05) is 30.8 Å². The Hall–Kier alpha value is -1.66. The van der Waals surface area contributed by atoms with E-state index >= 15 is 0 Å². The number of likely N-dealkylation sites (tertiary alicyclic amines) is 1. The molecule has 1 aliphatic heterocycles. The van der Waals surface area contributed by atoms with Gasteiger partial charge in [0.15, 0.2) is 0 Å². The van der Waals surface area contributed by atoms with Crippen LogP contribution in [0.1, 0.15) is 23.2 Å². The highest BCUT2D eigenvalue weighted by molar-refractivity contribution is 5.94. The second-order valence-electron chi connectivity index (χ2n) is 4.80. The fourth-order valence-corrected chi connectivity index (χ4v) is 2.38. The van der Waals surface area contributed by atoms with Crippen LogP contribution in [0, 0.1) is 16.0 Å². The van der Waals surface area contributed by atoms with Crippen LogP contribution in [0.25, 0.3) is 0 Å². The van der Waals surface area contributed by atoms with Gasteiger partial charge < -0.3 is 10.6 Å². The van der Waals surface area contributed by atoms with Crippen LogP contribution >= 0.6 is 12.4 Å². The molecule has 1 fully saturated rings. The van der Waals surface area contributed by atoms with Gasteiger partial charge in [0.25, 0.3) is 11.6 Å². The summed E-state index contributed by atoms with van der Waals surface area (Å²) in [4.78, 5) is 24.3. The molecule has 1 atom stereocenters. The van der Waals surface area contributed by atoms with Crippen LogP contribution < -0.4 is 5.73 Å². The number of rotatable bonds is 3.